The van der Waals surface area contributed by atoms with Crippen LogP contribution in [0.3, 0.4) is 0 Å². The van der Waals surface area contributed by atoms with E-state index < -0.39 is 0 Å². The highest BCUT2D eigenvalue weighted by atomic mass is 35.5. The van der Waals surface area contributed by atoms with E-state index in [4.69, 9.17) is 23.2 Å². The van der Waals surface area contributed by atoms with E-state index in [1.165, 1.54) is 0 Å². The van der Waals surface area contributed by atoms with E-state index in [1.807, 2.05) is 31.2 Å². The first-order chi connectivity index (χ1) is 12.4. The van der Waals surface area contributed by atoms with E-state index in [1.54, 1.807) is 28.0 Å². The van der Waals surface area contributed by atoms with Crippen LogP contribution < -0.4 is 5.32 Å². The van der Waals surface area contributed by atoms with Crippen LogP contribution in [0.25, 0.3) is 0 Å². The molecule has 1 N–H and O–H groups in total. The Labute approximate surface area is 162 Å². The summed E-state index contributed by atoms with van der Waals surface area (Å²) in [4.78, 5) is 28.4. The fourth-order valence-corrected chi connectivity index (χ4v) is 3.34. The second kappa shape index (κ2) is 7.98. The van der Waals surface area contributed by atoms with Crippen molar-refractivity contribution in [2.75, 3.05) is 31.5 Å². The molecule has 0 radical (unpaired) electrons. The second-order valence-corrected chi connectivity index (χ2v) is 7.11. The minimum atomic E-state index is -0.160. The van der Waals surface area contributed by atoms with Crippen molar-refractivity contribution in [2.45, 2.75) is 6.92 Å². The largest absolute Gasteiger partial charge is 0.335 e. The molecule has 7 heteroatoms. The number of carbonyl (C=O) groups is 2. The van der Waals surface area contributed by atoms with Gasteiger partial charge in [-0.15, -0.1) is 0 Å². The zero-order chi connectivity index (χ0) is 18.7. The Morgan fingerprint density at radius 2 is 1.42 bits per heavy atom. The van der Waals surface area contributed by atoms with Gasteiger partial charge in [0.1, 0.15) is 0 Å². The average Bonchev–Trinajstić information content (AvgIpc) is 2.62. The topological polar surface area (TPSA) is 52.7 Å². The van der Waals surface area contributed by atoms with Gasteiger partial charge < -0.3 is 15.1 Å². The van der Waals surface area contributed by atoms with Gasteiger partial charge in [0.05, 0.1) is 0 Å². The molecule has 3 rings (SSSR count). The lowest BCUT2D eigenvalue weighted by Gasteiger charge is -2.34. The number of carbonyl (C=O) groups excluding carboxylic acids is 2. The number of nitrogens with zero attached hydrogens (tertiary/aromatic N) is 2. The van der Waals surface area contributed by atoms with Crippen LogP contribution in [0.4, 0.5) is 10.5 Å². The van der Waals surface area contributed by atoms with E-state index in [-0.39, 0.29) is 11.9 Å². The molecule has 0 unspecified atom stereocenters. The van der Waals surface area contributed by atoms with Gasteiger partial charge in [-0.05, 0) is 37.3 Å². The maximum atomic E-state index is 12.6. The van der Waals surface area contributed by atoms with Crippen molar-refractivity contribution in [3.8, 4) is 0 Å². The van der Waals surface area contributed by atoms with Crippen LogP contribution in [-0.4, -0.2) is 47.9 Å². The van der Waals surface area contributed by atoms with Gasteiger partial charge in [0, 0.05) is 47.5 Å². The monoisotopic (exact) mass is 391 g/mol. The lowest BCUT2D eigenvalue weighted by atomic mass is 10.2. The van der Waals surface area contributed by atoms with Crippen LogP contribution in [0.5, 0.6) is 0 Å². The third kappa shape index (κ3) is 4.48. The van der Waals surface area contributed by atoms with E-state index in [0.29, 0.717) is 41.8 Å². The zero-order valence-corrected chi connectivity index (χ0v) is 15.8. The van der Waals surface area contributed by atoms with Crippen LogP contribution in [0.1, 0.15) is 15.9 Å². The Kier molecular flexibility index (Phi) is 5.69. The lowest BCUT2D eigenvalue weighted by Crippen LogP contribution is -2.51. The first kappa shape index (κ1) is 18.5. The SMILES string of the molecule is Cc1ccc(NC(=O)N2CCN(C(=O)c3cc(Cl)cc(Cl)c3)CC2)cc1. The number of halogens is 2. The number of hydrogen-bond donors (Lipinski definition) is 1. The predicted octanol–water partition coefficient (Wildman–Crippen LogP) is 4.29. The summed E-state index contributed by atoms with van der Waals surface area (Å²) in [6, 6.07) is 12.3. The highest BCUT2D eigenvalue weighted by Crippen LogP contribution is 2.21. The van der Waals surface area contributed by atoms with Gasteiger partial charge >= 0.3 is 6.03 Å². The quantitative estimate of drug-likeness (QED) is 0.829. The summed E-state index contributed by atoms with van der Waals surface area (Å²) in [7, 11) is 0. The molecular formula is C19H19Cl2N3O2. The molecule has 3 amide bonds. The van der Waals surface area contributed by atoms with E-state index in [2.05, 4.69) is 5.32 Å². The average molecular weight is 392 g/mol. The Balaban J connectivity index is 1.57. The number of piperazine rings is 1. The molecule has 0 saturated carbocycles. The van der Waals surface area contributed by atoms with Gasteiger partial charge in [0.25, 0.3) is 5.91 Å². The molecule has 1 aliphatic rings. The molecule has 1 aliphatic heterocycles. The highest BCUT2D eigenvalue weighted by molar-refractivity contribution is 6.35. The van der Waals surface area contributed by atoms with Crippen molar-refractivity contribution in [1.29, 1.82) is 0 Å². The molecule has 1 heterocycles. The number of aryl methyl sites for hydroxylation is 1. The molecule has 2 aromatic rings. The van der Waals surface area contributed by atoms with Crippen LogP contribution in [0.15, 0.2) is 42.5 Å². The van der Waals surface area contributed by atoms with Crippen molar-refractivity contribution in [2.24, 2.45) is 0 Å². The second-order valence-electron chi connectivity index (χ2n) is 6.23. The summed E-state index contributed by atoms with van der Waals surface area (Å²) in [5, 5.41) is 3.73. The number of benzene rings is 2. The highest BCUT2D eigenvalue weighted by Gasteiger charge is 2.25. The first-order valence-electron chi connectivity index (χ1n) is 8.30. The predicted molar refractivity (Wildman–Crippen MR) is 104 cm³/mol. The molecule has 2 aromatic carbocycles. The Bertz CT molecular complexity index is 796. The maximum Gasteiger partial charge on any atom is 0.321 e. The van der Waals surface area contributed by atoms with Gasteiger partial charge in [0.2, 0.25) is 0 Å². The van der Waals surface area contributed by atoms with E-state index >= 15 is 0 Å². The fourth-order valence-electron chi connectivity index (χ4n) is 2.81. The molecule has 136 valence electrons. The summed E-state index contributed by atoms with van der Waals surface area (Å²) >= 11 is 11.9. The van der Waals surface area contributed by atoms with E-state index in [9.17, 15) is 9.59 Å². The van der Waals surface area contributed by atoms with Gasteiger partial charge in [-0.2, -0.15) is 0 Å². The molecule has 0 aromatic heterocycles. The number of rotatable bonds is 2. The molecule has 5 nitrogen and oxygen atoms in total. The Hall–Kier alpha value is -2.24. The molecule has 1 fully saturated rings. The smallest absolute Gasteiger partial charge is 0.321 e. The van der Waals surface area contributed by atoms with Crippen LogP contribution in [-0.2, 0) is 0 Å². The maximum absolute atomic E-state index is 12.6. The molecule has 0 spiro atoms. The fraction of sp³-hybridized carbons (Fsp3) is 0.263. The van der Waals surface area contributed by atoms with E-state index in [0.717, 1.165) is 11.3 Å². The van der Waals surface area contributed by atoms with Gasteiger partial charge in [-0.1, -0.05) is 40.9 Å². The summed E-state index contributed by atoms with van der Waals surface area (Å²) in [6.07, 6.45) is 0. The minimum Gasteiger partial charge on any atom is -0.335 e. The standard InChI is InChI=1S/C19H19Cl2N3O2/c1-13-2-4-17(5-3-13)22-19(26)24-8-6-23(7-9-24)18(25)14-10-15(20)12-16(21)11-14/h2-5,10-12H,6-9H2,1H3,(H,22,26). The van der Waals surface area contributed by atoms with Crippen molar-refractivity contribution in [3.05, 3.63) is 63.6 Å². The summed E-state index contributed by atoms with van der Waals surface area (Å²) in [6.45, 7) is 3.86. The van der Waals surface area contributed by atoms with Gasteiger partial charge in [0.15, 0.2) is 0 Å². The normalized spacial score (nSPS) is 14.3. The third-order valence-corrected chi connectivity index (χ3v) is 4.70. The summed E-state index contributed by atoms with van der Waals surface area (Å²) in [5.74, 6) is -0.131. The van der Waals surface area contributed by atoms with Crippen LogP contribution in [0.2, 0.25) is 10.0 Å². The molecule has 0 atom stereocenters. The summed E-state index contributed by atoms with van der Waals surface area (Å²) < 4.78 is 0. The number of amides is 3. The van der Waals surface area contributed by atoms with Gasteiger partial charge in [-0.25, -0.2) is 4.79 Å². The third-order valence-electron chi connectivity index (χ3n) is 4.27. The van der Waals surface area contributed by atoms with Crippen molar-refractivity contribution >= 4 is 40.8 Å². The van der Waals surface area contributed by atoms with Crippen LogP contribution >= 0.6 is 23.2 Å². The van der Waals surface area contributed by atoms with Crippen molar-refractivity contribution in [1.82, 2.24) is 9.80 Å². The number of anilines is 1. The van der Waals surface area contributed by atoms with Crippen molar-refractivity contribution < 1.29 is 9.59 Å². The minimum absolute atomic E-state index is 0.131. The molecule has 26 heavy (non-hydrogen) atoms. The van der Waals surface area contributed by atoms with Gasteiger partial charge in [-0.3, -0.25) is 4.79 Å². The number of urea groups is 1. The number of hydrogen-bond acceptors (Lipinski definition) is 2. The lowest BCUT2D eigenvalue weighted by molar-refractivity contribution is 0.0671. The zero-order valence-electron chi connectivity index (χ0n) is 14.3. The molecule has 0 aliphatic carbocycles. The Morgan fingerprint density at radius 1 is 0.885 bits per heavy atom. The Morgan fingerprint density at radius 3 is 2.00 bits per heavy atom. The molecule has 0 bridgehead atoms. The number of nitrogens with one attached hydrogen (secondary N) is 1. The molecule has 1 saturated heterocycles. The van der Waals surface area contributed by atoms with Crippen molar-refractivity contribution in [3.63, 3.8) is 0 Å². The molecular weight excluding hydrogens is 373 g/mol. The first-order valence-corrected chi connectivity index (χ1v) is 9.06. The summed E-state index contributed by atoms with van der Waals surface area (Å²) in [5.41, 5.74) is 2.35. The van der Waals surface area contributed by atoms with Crippen LogP contribution in [0, 0.1) is 6.92 Å².